The second kappa shape index (κ2) is 5.51. The third kappa shape index (κ3) is 3.18. The van der Waals surface area contributed by atoms with Gasteiger partial charge in [-0.3, -0.25) is 4.79 Å². The van der Waals surface area contributed by atoms with Crippen molar-refractivity contribution in [2.45, 2.75) is 17.6 Å². The Morgan fingerprint density at radius 1 is 1.47 bits per heavy atom. The van der Waals surface area contributed by atoms with Crippen molar-refractivity contribution in [3.63, 3.8) is 0 Å². The van der Waals surface area contributed by atoms with E-state index in [1.165, 1.54) is 4.31 Å². The molecule has 0 radical (unpaired) electrons. The first-order chi connectivity index (χ1) is 8.80. The van der Waals surface area contributed by atoms with Gasteiger partial charge in [-0.25, -0.2) is 8.42 Å². The van der Waals surface area contributed by atoms with Crippen LogP contribution in [0.15, 0.2) is 20.1 Å². The quantitative estimate of drug-likeness (QED) is 0.888. The third-order valence-corrected chi connectivity index (χ3v) is 7.04. The van der Waals surface area contributed by atoms with Crippen LogP contribution in [-0.2, 0) is 14.8 Å². The zero-order valence-corrected chi connectivity index (χ0v) is 13.5. The van der Waals surface area contributed by atoms with Crippen molar-refractivity contribution in [1.82, 2.24) is 4.31 Å². The van der Waals surface area contributed by atoms with Crippen LogP contribution >= 0.6 is 27.3 Å². The van der Waals surface area contributed by atoms with Gasteiger partial charge in [-0.05, 0) is 40.4 Å². The van der Waals surface area contributed by atoms with Crippen molar-refractivity contribution in [3.05, 3.63) is 15.9 Å². The molecule has 1 fully saturated rings. The lowest BCUT2D eigenvalue weighted by atomic mass is 9.92. The van der Waals surface area contributed by atoms with Crippen LogP contribution in [0.3, 0.4) is 0 Å². The number of halogens is 1. The van der Waals surface area contributed by atoms with Gasteiger partial charge in [-0.2, -0.15) is 4.31 Å². The molecule has 0 aliphatic carbocycles. The van der Waals surface area contributed by atoms with E-state index in [1.54, 1.807) is 12.1 Å². The molecule has 1 N–H and O–H groups in total. The number of hydrogen-bond acceptors (Lipinski definition) is 4. The van der Waals surface area contributed by atoms with Gasteiger partial charge >= 0.3 is 5.97 Å². The molecule has 0 bridgehead atoms. The number of carboxylic acid groups (broad SMARTS) is 1. The van der Waals surface area contributed by atoms with Gasteiger partial charge < -0.3 is 5.11 Å². The Morgan fingerprint density at radius 3 is 2.68 bits per heavy atom. The zero-order chi connectivity index (χ0) is 14.2. The summed E-state index contributed by atoms with van der Waals surface area (Å²) in [5.74, 6) is -1.51. The van der Waals surface area contributed by atoms with Crippen molar-refractivity contribution in [1.29, 1.82) is 0 Å². The molecule has 5 nitrogen and oxygen atoms in total. The van der Waals surface area contributed by atoms with Gasteiger partial charge in [-0.1, -0.05) is 6.92 Å². The molecule has 8 heteroatoms. The Balaban J connectivity index is 2.27. The average molecular weight is 368 g/mol. The smallest absolute Gasteiger partial charge is 0.307 e. The number of carboxylic acids is 1. The van der Waals surface area contributed by atoms with Crippen molar-refractivity contribution in [2.24, 2.45) is 11.8 Å². The van der Waals surface area contributed by atoms with E-state index in [2.05, 4.69) is 15.9 Å². The predicted octanol–water partition coefficient (Wildman–Crippen LogP) is 2.24. The van der Waals surface area contributed by atoms with E-state index in [4.69, 9.17) is 5.11 Å². The van der Waals surface area contributed by atoms with Crippen molar-refractivity contribution in [3.8, 4) is 0 Å². The highest BCUT2D eigenvalue weighted by Gasteiger charge is 2.36. The number of piperidine rings is 1. The molecular weight excluding hydrogens is 354 g/mol. The molecule has 19 heavy (non-hydrogen) atoms. The molecule has 1 aromatic heterocycles. The van der Waals surface area contributed by atoms with E-state index >= 15 is 0 Å². The Bertz CT molecular complexity index is 583. The molecule has 106 valence electrons. The van der Waals surface area contributed by atoms with Gasteiger partial charge in [0.15, 0.2) is 0 Å². The van der Waals surface area contributed by atoms with Crippen LogP contribution in [0.2, 0.25) is 0 Å². The minimum Gasteiger partial charge on any atom is -0.481 e. The molecule has 0 saturated carbocycles. The highest BCUT2D eigenvalue weighted by atomic mass is 79.9. The first-order valence-corrected chi connectivity index (χ1v) is 8.84. The number of aliphatic carboxylic acids is 1. The van der Waals surface area contributed by atoms with Crippen LogP contribution in [0.25, 0.3) is 0 Å². The van der Waals surface area contributed by atoms with Gasteiger partial charge in [0.2, 0.25) is 0 Å². The lowest BCUT2D eigenvalue weighted by Gasteiger charge is -2.33. The summed E-state index contributed by atoms with van der Waals surface area (Å²) in [4.78, 5) is 11.1. The fraction of sp³-hybridized carbons (Fsp3) is 0.545. The summed E-state index contributed by atoms with van der Waals surface area (Å²) in [6, 6.07) is 3.22. The molecule has 2 rings (SSSR count). The molecule has 0 spiro atoms. The molecule has 2 atom stereocenters. The zero-order valence-electron chi connectivity index (χ0n) is 10.2. The number of thiophene rings is 1. The number of carbonyl (C=O) groups is 1. The second-order valence-electron chi connectivity index (χ2n) is 4.76. The van der Waals surface area contributed by atoms with Crippen LogP contribution in [0.5, 0.6) is 0 Å². The molecule has 0 amide bonds. The van der Waals surface area contributed by atoms with Gasteiger partial charge in [-0.15, -0.1) is 11.3 Å². The topological polar surface area (TPSA) is 74.7 Å². The number of hydrogen-bond donors (Lipinski definition) is 1. The molecule has 2 heterocycles. The minimum atomic E-state index is -3.58. The highest BCUT2D eigenvalue weighted by Crippen LogP contribution is 2.32. The monoisotopic (exact) mass is 367 g/mol. The number of rotatable bonds is 3. The first-order valence-electron chi connectivity index (χ1n) is 5.79. The van der Waals surface area contributed by atoms with Crippen LogP contribution in [0.1, 0.15) is 13.3 Å². The van der Waals surface area contributed by atoms with Crippen molar-refractivity contribution >= 4 is 43.3 Å². The average Bonchev–Trinajstić information content (AvgIpc) is 2.75. The standard InChI is InChI=1S/C11H14BrNO4S2/c1-7-4-8(11(14)15)6-13(5-7)19(16,17)10-3-2-9(12)18-10/h2-3,7-8H,4-6H2,1H3,(H,14,15). The highest BCUT2D eigenvalue weighted by molar-refractivity contribution is 9.11. The van der Waals surface area contributed by atoms with E-state index in [-0.39, 0.29) is 16.7 Å². The SMILES string of the molecule is CC1CC(C(=O)O)CN(S(=O)(=O)c2ccc(Br)s2)C1. The van der Waals surface area contributed by atoms with E-state index in [0.29, 0.717) is 13.0 Å². The van der Waals surface area contributed by atoms with E-state index in [9.17, 15) is 13.2 Å². The molecule has 1 aliphatic heterocycles. The maximum absolute atomic E-state index is 12.4. The summed E-state index contributed by atoms with van der Waals surface area (Å²) < 4.78 is 27.2. The summed E-state index contributed by atoms with van der Waals surface area (Å²) in [6.07, 6.45) is 0.523. The normalized spacial score (nSPS) is 25.4. The maximum Gasteiger partial charge on any atom is 0.307 e. The van der Waals surface area contributed by atoms with Crippen LogP contribution < -0.4 is 0 Å². The maximum atomic E-state index is 12.4. The summed E-state index contributed by atoms with van der Waals surface area (Å²) in [7, 11) is -3.58. The number of sulfonamides is 1. The Labute approximate surface area is 124 Å². The molecular formula is C11H14BrNO4S2. The Hall–Kier alpha value is -0.440. The predicted molar refractivity (Wildman–Crippen MR) is 75.7 cm³/mol. The first kappa shape index (κ1) is 15.0. The molecule has 1 aliphatic rings. The van der Waals surface area contributed by atoms with Gasteiger partial charge in [0.25, 0.3) is 10.0 Å². The minimum absolute atomic E-state index is 0.0491. The molecule has 1 saturated heterocycles. The summed E-state index contributed by atoms with van der Waals surface area (Å²) in [5, 5.41) is 9.09. The molecule has 0 aromatic carbocycles. The van der Waals surface area contributed by atoms with Crippen molar-refractivity contribution in [2.75, 3.05) is 13.1 Å². The van der Waals surface area contributed by atoms with E-state index in [0.717, 1.165) is 15.1 Å². The molecule has 1 aromatic rings. The van der Waals surface area contributed by atoms with Crippen LogP contribution in [0, 0.1) is 11.8 Å². The number of nitrogens with zero attached hydrogens (tertiary/aromatic N) is 1. The summed E-state index contributed by atoms with van der Waals surface area (Å²) >= 11 is 4.38. The van der Waals surface area contributed by atoms with Crippen LogP contribution in [0.4, 0.5) is 0 Å². The summed E-state index contributed by atoms with van der Waals surface area (Å²) in [5.41, 5.74) is 0. The fourth-order valence-corrected chi connectivity index (χ4v) is 6.01. The summed E-state index contributed by atoms with van der Waals surface area (Å²) in [6.45, 7) is 2.31. The van der Waals surface area contributed by atoms with Gasteiger partial charge in [0.05, 0.1) is 9.70 Å². The second-order valence-corrected chi connectivity index (χ2v) is 9.38. The van der Waals surface area contributed by atoms with E-state index in [1.807, 2.05) is 6.92 Å². The van der Waals surface area contributed by atoms with Gasteiger partial charge in [0, 0.05) is 13.1 Å². The largest absolute Gasteiger partial charge is 0.481 e. The van der Waals surface area contributed by atoms with Crippen molar-refractivity contribution < 1.29 is 18.3 Å². The van der Waals surface area contributed by atoms with E-state index < -0.39 is 21.9 Å². The lowest BCUT2D eigenvalue weighted by Crippen LogP contribution is -2.45. The Morgan fingerprint density at radius 2 is 2.16 bits per heavy atom. The molecule has 2 unspecified atom stereocenters. The fourth-order valence-electron chi connectivity index (χ4n) is 2.24. The lowest BCUT2D eigenvalue weighted by molar-refractivity contribution is -0.143. The van der Waals surface area contributed by atoms with Crippen LogP contribution in [-0.4, -0.2) is 36.9 Å². The van der Waals surface area contributed by atoms with Gasteiger partial charge in [0.1, 0.15) is 4.21 Å². The third-order valence-electron chi connectivity index (χ3n) is 3.12. The Kier molecular flexibility index (Phi) is 4.34.